The first-order valence-corrected chi connectivity index (χ1v) is 10.7. The molecular formula is C23H29ClN4O2. The first-order valence-electron chi connectivity index (χ1n) is 10.3. The number of nitrogens with one attached hydrogen (secondary N) is 1. The van der Waals surface area contributed by atoms with E-state index in [1.54, 1.807) is 7.05 Å². The second-order valence-electron chi connectivity index (χ2n) is 7.55. The number of halogens is 1. The van der Waals surface area contributed by atoms with Crippen LogP contribution in [0.2, 0.25) is 5.02 Å². The Labute approximate surface area is 183 Å². The molecule has 2 aromatic carbocycles. The van der Waals surface area contributed by atoms with Gasteiger partial charge in [0.2, 0.25) is 11.8 Å². The SMILES string of the molecule is CCc1ccccc1NC(=O)CN(C)C(=O)CN1CCN(c2cccc(Cl)c2)CC1. The van der Waals surface area contributed by atoms with E-state index in [1.807, 2.05) is 49.4 Å². The van der Waals surface area contributed by atoms with Gasteiger partial charge < -0.3 is 15.1 Å². The Morgan fingerprint density at radius 3 is 2.50 bits per heavy atom. The summed E-state index contributed by atoms with van der Waals surface area (Å²) < 4.78 is 0. The number of piperazine rings is 1. The van der Waals surface area contributed by atoms with Gasteiger partial charge in [0, 0.05) is 49.6 Å². The number of likely N-dealkylation sites (N-methyl/N-ethyl adjacent to an activating group) is 1. The van der Waals surface area contributed by atoms with Crippen molar-refractivity contribution in [1.82, 2.24) is 9.80 Å². The molecule has 1 aliphatic rings. The number of nitrogens with zero attached hydrogens (tertiary/aromatic N) is 3. The smallest absolute Gasteiger partial charge is 0.243 e. The van der Waals surface area contributed by atoms with Gasteiger partial charge in [-0.15, -0.1) is 0 Å². The number of para-hydroxylation sites is 1. The molecule has 7 heteroatoms. The van der Waals surface area contributed by atoms with Gasteiger partial charge in [0.25, 0.3) is 0 Å². The van der Waals surface area contributed by atoms with E-state index < -0.39 is 0 Å². The third-order valence-electron chi connectivity index (χ3n) is 5.38. The first kappa shape index (κ1) is 22.1. The zero-order chi connectivity index (χ0) is 21.5. The molecule has 0 aromatic heterocycles. The minimum absolute atomic E-state index is 0.0410. The van der Waals surface area contributed by atoms with Crippen LogP contribution >= 0.6 is 11.6 Å². The number of carbonyl (C=O) groups is 2. The summed E-state index contributed by atoms with van der Waals surface area (Å²) in [5.41, 5.74) is 3.00. The van der Waals surface area contributed by atoms with Gasteiger partial charge in [-0.25, -0.2) is 0 Å². The van der Waals surface area contributed by atoms with Crippen molar-refractivity contribution >= 4 is 34.8 Å². The fourth-order valence-corrected chi connectivity index (χ4v) is 3.78. The zero-order valence-corrected chi connectivity index (χ0v) is 18.4. The molecule has 160 valence electrons. The average Bonchev–Trinajstić information content (AvgIpc) is 2.74. The molecule has 2 aromatic rings. The maximum absolute atomic E-state index is 12.6. The van der Waals surface area contributed by atoms with Gasteiger partial charge in [-0.1, -0.05) is 42.8 Å². The highest BCUT2D eigenvalue weighted by molar-refractivity contribution is 6.30. The van der Waals surface area contributed by atoms with Crippen molar-refractivity contribution in [1.29, 1.82) is 0 Å². The van der Waals surface area contributed by atoms with Gasteiger partial charge in [-0.2, -0.15) is 0 Å². The molecule has 0 aliphatic carbocycles. The van der Waals surface area contributed by atoms with Crippen molar-refractivity contribution in [3.05, 3.63) is 59.1 Å². The molecule has 0 atom stereocenters. The molecule has 3 rings (SSSR count). The number of carbonyl (C=O) groups excluding carboxylic acids is 2. The lowest BCUT2D eigenvalue weighted by Crippen LogP contribution is -2.50. The standard InChI is InChI=1S/C23H29ClN4O2/c1-3-18-7-4-5-10-21(18)25-22(29)16-26(2)23(30)17-27-11-13-28(14-12-27)20-9-6-8-19(24)15-20/h4-10,15H,3,11-14,16-17H2,1-2H3,(H,25,29). The summed E-state index contributed by atoms with van der Waals surface area (Å²) in [6.45, 7) is 5.67. The highest BCUT2D eigenvalue weighted by atomic mass is 35.5. The fourth-order valence-electron chi connectivity index (χ4n) is 3.59. The van der Waals surface area contributed by atoms with Crippen molar-refractivity contribution in [3.8, 4) is 0 Å². The van der Waals surface area contributed by atoms with E-state index in [9.17, 15) is 9.59 Å². The molecular weight excluding hydrogens is 400 g/mol. The summed E-state index contributed by atoms with van der Waals surface area (Å²) in [5.74, 6) is -0.234. The molecule has 0 radical (unpaired) electrons. The number of hydrogen-bond acceptors (Lipinski definition) is 4. The molecule has 1 N–H and O–H groups in total. The monoisotopic (exact) mass is 428 g/mol. The summed E-state index contributed by atoms with van der Waals surface area (Å²) >= 11 is 6.09. The van der Waals surface area contributed by atoms with E-state index in [0.717, 1.165) is 54.6 Å². The van der Waals surface area contributed by atoms with Crippen LogP contribution in [0.15, 0.2) is 48.5 Å². The Balaban J connectivity index is 1.45. The molecule has 1 saturated heterocycles. The van der Waals surface area contributed by atoms with Crippen LogP contribution in [-0.2, 0) is 16.0 Å². The van der Waals surface area contributed by atoms with Gasteiger partial charge >= 0.3 is 0 Å². The van der Waals surface area contributed by atoms with E-state index in [0.29, 0.717) is 6.54 Å². The van der Waals surface area contributed by atoms with E-state index in [1.165, 1.54) is 4.90 Å². The average molecular weight is 429 g/mol. The second kappa shape index (κ2) is 10.5. The Morgan fingerprint density at radius 1 is 1.07 bits per heavy atom. The van der Waals surface area contributed by atoms with E-state index in [4.69, 9.17) is 11.6 Å². The van der Waals surface area contributed by atoms with Crippen LogP contribution in [-0.4, -0.2) is 67.9 Å². The lowest BCUT2D eigenvalue weighted by atomic mass is 10.1. The summed E-state index contributed by atoms with van der Waals surface area (Å²) in [6, 6.07) is 15.6. The summed E-state index contributed by atoms with van der Waals surface area (Å²) in [6.07, 6.45) is 0.840. The minimum atomic E-state index is -0.183. The molecule has 0 unspecified atom stereocenters. The van der Waals surface area contributed by atoms with Gasteiger partial charge in [0.05, 0.1) is 13.1 Å². The first-order chi connectivity index (χ1) is 14.5. The fraction of sp³-hybridized carbons (Fsp3) is 0.391. The lowest BCUT2D eigenvalue weighted by molar-refractivity contribution is -0.134. The number of amides is 2. The minimum Gasteiger partial charge on any atom is -0.369 e. The molecule has 1 aliphatic heterocycles. The number of anilines is 2. The highest BCUT2D eigenvalue weighted by Gasteiger charge is 2.22. The molecule has 30 heavy (non-hydrogen) atoms. The van der Waals surface area contributed by atoms with E-state index >= 15 is 0 Å². The number of benzene rings is 2. The topological polar surface area (TPSA) is 55.9 Å². The van der Waals surface area contributed by atoms with Gasteiger partial charge in [0.1, 0.15) is 0 Å². The van der Waals surface area contributed by atoms with Crippen LogP contribution in [0.4, 0.5) is 11.4 Å². The molecule has 0 bridgehead atoms. The second-order valence-corrected chi connectivity index (χ2v) is 7.99. The maximum atomic E-state index is 12.6. The molecule has 2 amide bonds. The third kappa shape index (κ3) is 5.97. The normalized spacial score (nSPS) is 14.4. The quantitative estimate of drug-likeness (QED) is 0.736. The lowest BCUT2D eigenvalue weighted by Gasteiger charge is -2.36. The number of rotatable bonds is 7. The summed E-state index contributed by atoms with van der Waals surface area (Å²) in [7, 11) is 1.68. The Bertz CT molecular complexity index is 881. The van der Waals surface area contributed by atoms with Gasteiger partial charge in [-0.3, -0.25) is 14.5 Å². The van der Waals surface area contributed by atoms with Crippen molar-refractivity contribution < 1.29 is 9.59 Å². The van der Waals surface area contributed by atoms with E-state index in [2.05, 4.69) is 21.2 Å². The number of aryl methyl sites for hydroxylation is 1. The Morgan fingerprint density at radius 2 is 1.80 bits per heavy atom. The molecule has 1 heterocycles. The van der Waals surface area contributed by atoms with Crippen LogP contribution < -0.4 is 10.2 Å². The molecule has 0 saturated carbocycles. The molecule has 1 fully saturated rings. The molecule has 6 nitrogen and oxygen atoms in total. The third-order valence-corrected chi connectivity index (χ3v) is 5.62. The summed E-state index contributed by atoms with van der Waals surface area (Å²) in [4.78, 5) is 30.9. The van der Waals surface area contributed by atoms with Gasteiger partial charge in [-0.05, 0) is 36.2 Å². The summed E-state index contributed by atoms with van der Waals surface area (Å²) in [5, 5.41) is 3.64. The Kier molecular flexibility index (Phi) is 7.71. The van der Waals surface area contributed by atoms with Crippen LogP contribution in [0.5, 0.6) is 0 Å². The van der Waals surface area contributed by atoms with Crippen molar-refractivity contribution in [2.24, 2.45) is 0 Å². The van der Waals surface area contributed by atoms with Crippen LogP contribution in [0.25, 0.3) is 0 Å². The number of hydrogen-bond donors (Lipinski definition) is 1. The largest absolute Gasteiger partial charge is 0.369 e. The van der Waals surface area contributed by atoms with Crippen LogP contribution in [0.3, 0.4) is 0 Å². The van der Waals surface area contributed by atoms with Crippen molar-refractivity contribution in [3.63, 3.8) is 0 Å². The van der Waals surface area contributed by atoms with Crippen molar-refractivity contribution in [2.45, 2.75) is 13.3 Å². The zero-order valence-electron chi connectivity index (χ0n) is 17.6. The van der Waals surface area contributed by atoms with Crippen molar-refractivity contribution in [2.75, 3.05) is 56.5 Å². The highest BCUT2D eigenvalue weighted by Crippen LogP contribution is 2.20. The van der Waals surface area contributed by atoms with Crippen LogP contribution in [0, 0.1) is 0 Å². The molecule has 0 spiro atoms. The Hall–Kier alpha value is -2.57. The maximum Gasteiger partial charge on any atom is 0.243 e. The van der Waals surface area contributed by atoms with Crippen LogP contribution in [0.1, 0.15) is 12.5 Å². The van der Waals surface area contributed by atoms with E-state index in [-0.39, 0.29) is 18.4 Å². The predicted octanol–water partition coefficient (Wildman–Crippen LogP) is 3.12. The van der Waals surface area contributed by atoms with Gasteiger partial charge in [0.15, 0.2) is 0 Å². The predicted molar refractivity (Wildman–Crippen MR) is 122 cm³/mol.